The van der Waals surface area contributed by atoms with Crippen molar-refractivity contribution >= 4 is 12.0 Å². The molecule has 1 aromatic rings. The second kappa shape index (κ2) is 4.71. The zero-order valence-electron chi connectivity index (χ0n) is 9.30. The van der Waals surface area contributed by atoms with Gasteiger partial charge in [-0.15, -0.1) is 0 Å². The molecule has 0 radical (unpaired) electrons. The first kappa shape index (κ1) is 11.4. The predicted molar refractivity (Wildman–Crippen MR) is 60.1 cm³/mol. The Morgan fingerprint density at radius 1 is 1.07 bits per heavy atom. The van der Waals surface area contributed by atoms with Crippen molar-refractivity contribution in [3.8, 4) is 5.75 Å². The van der Waals surface area contributed by atoms with E-state index in [0.29, 0.717) is 0 Å². The van der Waals surface area contributed by atoms with E-state index in [1.807, 2.05) is 6.07 Å². The SMILES string of the molecule is COSc1c(C)cc(OC)c(C)c1C. The van der Waals surface area contributed by atoms with Gasteiger partial charge in [-0.2, -0.15) is 0 Å². The van der Waals surface area contributed by atoms with Gasteiger partial charge in [0.2, 0.25) is 0 Å². The van der Waals surface area contributed by atoms with E-state index >= 15 is 0 Å². The molecule has 0 saturated heterocycles. The molecule has 3 heteroatoms. The standard InChI is InChI=1S/C11H16O2S/c1-7-6-10(12-4)8(2)9(3)11(7)14-13-5/h6H,1-5H3. The van der Waals surface area contributed by atoms with Crippen LogP contribution in [0.2, 0.25) is 0 Å². The van der Waals surface area contributed by atoms with Gasteiger partial charge >= 0.3 is 0 Å². The van der Waals surface area contributed by atoms with Gasteiger partial charge in [0, 0.05) is 16.9 Å². The summed E-state index contributed by atoms with van der Waals surface area (Å²) in [6.45, 7) is 6.22. The van der Waals surface area contributed by atoms with E-state index in [0.717, 1.165) is 5.75 Å². The third-order valence-corrected chi connectivity index (χ3v) is 3.33. The highest BCUT2D eigenvalue weighted by molar-refractivity contribution is 7.94. The molecule has 78 valence electrons. The van der Waals surface area contributed by atoms with Crippen LogP contribution >= 0.6 is 12.0 Å². The van der Waals surface area contributed by atoms with Crippen LogP contribution in [-0.2, 0) is 4.18 Å². The maximum atomic E-state index is 5.29. The van der Waals surface area contributed by atoms with Gasteiger partial charge in [-0.1, -0.05) is 0 Å². The zero-order chi connectivity index (χ0) is 10.7. The normalized spacial score (nSPS) is 10.4. The Kier molecular flexibility index (Phi) is 3.84. The highest BCUT2D eigenvalue weighted by atomic mass is 32.2. The van der Waals surface area contributed by atoms with Gasteiger partial charge in [-0.05, 0) is 43.5 Å². The van der Waals surface area contributed by atoms with E-state index in [2.05, 4.69) is 20.8 Å². The molecule has 0 atom stereocenters. The van der Waals surface area contributed by atoms with E-state index in [1.54, 1.807) is 14.2 Å². The smallest absolute Gasteiger partial charge is 0.122 e. The average Bonchev–Trinajstić information content (AvgIpc) is 2.18. The lowest BCUT2D eigenvalue weighted by molar-refractivity contribution is 0.410. The van der Waals surface area contributed by atoms with Crippen molar-refractivity contribution in [3.63, 3.8) is 0 Å². The molecular formula is C11H16O2S. The van der Waals surface area contributed by atoms with E-state index < -0.39 is 0 Å². The number of ether oxygens (including phenoxy) is 1. The van der Waals surface area contributed by atoms with Gasteiger partial charge in [0.05, 0.1) is 14.2 Å². The maximum absolute atomic E-state index is 5.29. The summed E-state index contributed by atoms with van der Waals surface area (Å²) in [4.78, 5) is 1.19. The van der Waals surface area contributed by atoms with E-state index in [4.69, 9.17) is 8.92 Å². The van der Waals surface area contributed by atoms with Crippen molar-refractivity contribution in [2.75, 3.05) is 14.2 Å². The fraction of sp³-hybridized carbons (Fsp3) is 0.455. The lowest BCUT2D eigenvalue weighted by Crippen LogP contribution is -1.95. The molecule has 1 rings (SSSR count). The molecule has 1 aromatic carbocycles. The van der Waals surface area contributed by atoms with Crippen molar-refractivity contribution in [1.82, 2.24) is 0 Å². The summed E-state index contributed by atoms with van der Waals surface area (Å²) in [5.41, 5.74) is 3.60. The first-order chi connectivity index (χ1) is 6.61. The fourth-order valence-corrected chi connectivity index (χ4v) is 2.08. The summed E-state index contributed by atoms with van der Waals surface area (Å²) < 4.78 is 10.4. The molecule has 14 heavy (non-hydrogen) atoms. The molecule has 0 bridgehead atoms. The van der Waals surface area contributed by atoms with Crippen molar-refractivity contribution < 1.29 is 8.92 Å². The minimum Gasteiger partial charge on any atom is -0.496 e. The topological polar surface area (TPSA) is 18.5 Å². The van der Waals surface area contributed by atoms with Gasteiger partial charge in [-0.25, -0.2) is 0 Å². The number of hydrogen-bond acceptors (Lipinski definition) is 3. The molecule has 0 spiro atoms. The lowest BCUT2D eigenvalue weighted by Gasteiger charge is -2.14. The third kappa shape index (κ3) is 2.04. The molecule has 0 N–H and O–H groups in total. The summed E-state index contributed by atoms with van der Waals surface area (Å²) in [5.74, 6) is 0.945. The van der Waals surface area contributed by atoms with Gasteiger partial charge < -0.3 is 8.92 Å². The summed E-state index contributed by atoms with van der Waals surface area (Å²) in [6.07, 6.45) is 0. The first-order valence-corrected chi connectivity index (χ1v) is 5.21. The molecule has 2 nitrogen and oxygen atoms in total. The predicted octanol–water partition coefficient (Wildman–Crippen LogP) is 3.27. The van der Waals surface area contributed by atoms with Crippen LogP contribution in [0.15, 0.2) is 11.0 Å². The molecule has 0 aliphatic carbocycles. The highest BCUT2D eigenvalue weighted by Gasteiger charge is 2.10. The molecule has 0 aliphatic heterocycles. The Labute approximate surface area is 89.8 Å². The Balaban J connectivity index is 3.26. The molecule has 0 heterocycles. The van der Waals surface area contributed by atoms with Crippen LogP contribution in [0.1, 0.15) is 16.7 Å². The van der Waals surface area contributed by atoms with E-state index in [9.17, 15) is 0 Å². The quantitative estimate of drug-likeness (QED) is 0.716. The number of rotatable bonds is 3. The lowest BCUT2D eigenvalue weighted by atomic mass is 10.1. The number of aryl methyl sites for hydroxylation is 1. The Hall–Kier alpha value is -0.670. The second-order valence-electron chi connectivity index (χ2n) is 3.22. The highest BCUT2D eigenvalue weighted by Crippen LogP contribution is 2.33. The van der Waals surface area contributed by atoms with Crippen LogP contribution in [0.4, 0.5) is 0 Å². The van der Waals surface area contributed by atoms with Crippen molar-refractivity contribution in [3.05, 3.63) is 22.8 Å². The molecule has 0 saturated carbocycles. The van der Waals surface area contributed by atoms with Crippen LogP contribution in [-0.4, -0.2) is 14.2 Å². The number of hydrogen-bond donors (Lipinski definition) is 0. The molecular weight excluding hydrogens is 196 g/mol. The summed E-state index contributed by atoms with van der Waals surface area (Å²) in [5, 5.41) is 0. The van der Waals surface area contributed by atoms with Gasteiger partial charge in [0.15, 0.2) is 0 Å². The summed E-state index contributed by atoms with van der Waals surface area (Å²) in [7, 11) is 3.38. The molecule has 0 aliphatic rings. The minimum absolute atomic E-state index is 0.945. The second-order valence-corrected chi connectivity index (χ2v) is 4.13. The van der Waals surface area contributed by atoms with E-state index in [1.165, 1.54) is 33.6 Å². The van der Waals surface area contributed by atoms with Crippen molar-refractivity contribution in [2.24, 2.45) is 0 Å². The fourth-order valence-electron chi connectivity index (χ4n) is 1.44. The van der Waals surface area contributed by atoms with Gasteiger partial charge in [-0.3, -0.25) is 0 Å². The van der Waals surface area contributed by atoms with Crippen molar-refractivity contribution in [2.45, 2.75) is 25.7 Å². The summed E-state index contributed by atoms with van der Waals surface area (Å²) >= 11 is 1.41. The molecule has 0 fully saturated rings. The van der Waals surface area contributed by atoms with Crippen LogP contribution in [0.5, 0.6) is 5.75 Å². The van der Waals surface area contributed by atoms with Crippen LogP contribution in [0.3, 0.4) is 0 Å². The third-order valence-electron chi connectivity index (χ3n) is 2.37. The Morgan fingerprint density at radius 3 is 2.21 bits per heavy atom. The van der Waals surface area contributed by atoms with Crippen LogP contribution in [0.25, 0.3) is 0 Å². The van der Waals surface area contributed by atoms with Gasteiger partial charge in [0.1, 0.15) is 5.75 Å². The van der Waals surface area contributed by atoms with Crippen LogP contribution in [0, 0.1) is 20.8 Å². The Morgan fingerprint density at radius 2 is 1.71 bits per heavy atom. The Bertz CT molecular complexity index is 335. The number of methoxy groups -OCH3 is 1. The van der Waals surface area contributed by atoms with Gasteiger partial charge in [0.25, 0.3) is 0 Å². The largest absolute Gasteiger partial charge is 0.496 e. The molecule has 0 amide bonds. The number of benzene rings is 1. The molecule has 0 unspecified atom stereocenters. The monoisotopic (exact) mass is 212 g/mol. The maximum Gasteiger partial charge on any atom is 0.122 e. The molecule has 0 aromatic heterocycles. The minimum atomic E-state index is 0.945. The summed E-state index contributed by atoms with van der Waals surface area (Å²) in [6, 6.07) is 2.05. The zero-order valence-corrected chi connectivity index (χ0v) is 10.1. The van der Waals surface area contributed by atoms with Crippen molar-refractivity contribution in [1.29, 1.82) is 0 Å². The first-order valence-electron chi connectivity index (χ1n) is 4.47. The van der Waals surface area contributed by atoms with Crippen LogP contribution < -0.4 is 4.74 Å². The average molecular weight is 212 g/mol. The van der Waals surface area contributed by atoms with E-state index in [-0.39, 0.29) is 0 Å².